The van der Waals surface area contributed by atoms with Gasteiger partial charge in [0.2, 0.25) is 0 Å². The molecule has 4 rings (SSSR count). The summed E-state index contributed by atoms with van der Waals surface area (Å²) in [5.41, 5.74) is 2.53. The van der Waals surface area contributed by atoms with Crippen LogP contribution in [0.2, 0.25) is 5.02 Å². The van der Waals surface area contributed by atoms with E-state index in [1.807, 2.05) is 24.3 Å². The summed E-state index contributed by atoms with van der Waals surface area (Å²) in [4.78, 5) is 27.3. The summed E-state index contributed by atoms with van der Waals surface area (Å²) in [5.74, 6) is -0.808. The third-order valence-electron chi connectivity index (χ3n) is 5.22. The van der Waals surface area contributed by atoms with E-state index in [1.165, 1.54) is 12.1 Å². The van der Waals surface area contributed by atoms with Gasteiger partial charge in [-0.2, -0.15) is 5.10 Å². The Labute approximate surface area is 184 Å². The summed E-state index contributed by atoms with van der Waals surface area (Å²) in [6, 6.07) is 15.1. The number of fused-ring (bicyclic) bond motifs is 1. The first-order valence-electron chi connectivity index (χ1n) is 10.1. The molecule has 1 aliphatic heterocycles. The summed E-state index contributed by atoms with van der Waals surface area (Å²) >= 11 is 5.88. The van der Waals surface area contributed by atoms with E-state index in [4.69, 9.17) is 11.6 Å². The van der Waals surface area contributed by atoms with Crippen LogP contribution in [-0.2, 0) is 19.5 Å². The maximum atomic E-state index is 13.1. The normalized spacial score (nSPS) is 13.6. The molecule has 0 saturated carbocycles. The zero-order chi connectivity index (χ0) is 21.8. The highest BCUT2D eigenvalue weighted by molar-refractivity contribution is 6.30. The zero-order valence-electron chi connectivity index (χ0n) is 16.9. The van der Waals surface area contributed by atoms with Crippen LogP contribution in [0.4, 0.5) is 4.39 Å². The lowest BCUT2D eigenvalue weighted by Gasteiger charge is -2.20. The molecule has 0 saturated heterocycles. The monoisotopic (exact) mass is 440 g/mol. The van der Waals surface area contributed by atoms with Crippen molar-refractivity contribution in [1.29, 1.82) is 0 Å². The first kappa shape index (κ1) is 21.1. The largest absolute Gasteiger partial charge is 0.350 e. The van der Waals surface area contributed by atoms with Crippen molar-refractivity contribution in [1.82, 2.24) is 20.0 Å². The van der Waals surface area contributed by atoms with Gasteiger partial charge in [-0.05, 0) is 48.2 Å². The second-order valence-electron chi connectivity index (χ2n) is 7.48. The van der Waals surface area contributed by atoms with Crippen LogP contribution in [0.3, 0.4) is 0 Å². The molecule has 0 aliphatic carbocycles. The lowest BCUT2D eigenvalue weighted by molar-refractivity contribution is 0.0745. The van der Waals surface area contributed by atoms with Crippen LogP contribution >= 0.6 is 11.6 Å². The third kappa shape index (κ3) is 5.11. The summed E-state index contributed by atoms with van der Waals surface area (Å²) in [6.45, 7) is 1.96. The lowest BCUT2D eigenvalue weighted by Crippen LogP contribution is -2.30. The maximum absolute atomic E-state index is 13.1. The van der Waals surface area contributed by atoms with Gasteiger partial charge >= 0.3 is 0 Å². The van der Waals surface area contributed by atoms with Gasteiger partial charge in [-0.15, -0.1) is 0 Å². The molecule has 0 unspecified atom stereocenters. The number of aryl methyl sites for hydroxylation is 1. The van der Waals surface area contributed by atoms with Gasteiger partial charge < -0.3 is 10.2 Å². The van der Waals surface area contributed by atoms with Crippen LogP contribution in [0.5, 0.6) is 0 Å². The number of aromatic nitrogens is 2. The van der Waals surface area contributed by atoms with Crippen LogP contribution in [-0.4, -0.2) is 39.6 Å². The highest BCUT2D eigenvalue weighted by atomic mass is 35.5. The van der Waals surface area contributed by atoms with Crippen LogP contribution in [0.15, 0.2) is 54.6 Å². The zero-order valence-corrected chi connectivity index (χ0v) is 17.6. The number of benzene rings is 2. The van der Waals surface area contributed by atoms with E-state index in [1.54, 1.807) is 27.8 Å². The van der Waals surface area contributed by atoms with E-state index >= 15 is 0 Å². The van der Waals surface area contributed by atoms with Gasteiger partial charge in [-0.25, -0.2) is 4.39 Å². The molecule has 3 aromatic rings. The molecule has 6 nitrogen and oxygen atoms in total. The molecular formula is C23H22ClFN4O2. The minimum absolute atomic E-state index is 0.186. The Bertz CT molecular complexity index is 1080. The van der Waals surface area contributed by atoms with E-state index in [-0.39, 0.29) is 23.3 Å². The van der Waals surface area contributed by atoms with Crippen LogP contribution in [0.1, 0.15) is 38.5 Å². The first-order valence-corrected chi connectivity index (χ1v) is 10.5. The SMILES string of the molecule is O=C(NCCc1ccc(Cl)cc1)c1cc2n(n1)CCCN(Cc1ccc(F)cc1)C2=O. The average Bonchev–Trinajstić information content (AvgIpc) is 3.14. The van der Waals surface area contributed by atoms with E-state index in [2.05, 4.69) is 10.4 Å². The number of hydrogen-bond donors (Lipinski definition) is 1. The third-order valence-corrected chi connectivity index (χ3v) is 5.47. The van der Waals surface area contributed by atoms with Gasteiger partial charge in [0.25, 0.3) is 11.8 Å². The molecule has 0 radical (unpaired) electrons. The predicted molar refractivity (Wildman–Crippen MR) is 115 cm³/mol. The van der Waals surface area contributed by atoms with Crippen molar-refractivity contribution in [3.05, 3.63) is 88.0 Å². The highest BCUT2D eigenvalue weighted by Crippen LogP contribution is 2.17. The first-order chi connectivity index (χ1) is 15.0. The minimum Gasteiger partial charge on any atom is -0.350 e. The number of rotatable bonds is 6. The van der Waals surface area contributed by atoms with Crippen LogP contribution in [0, 0.1) is 5.82 Å². The quantitative estimate of drug-likeness (QED) is 0.635. The van der Waals surface area contributed by atoms with Gasteiger partial charge in [-0.1, -0.05) is 35.9 Å². The van der Waals surface area contributed by atoms with E-state index < -0.39 is 0 Å². The fourth-order valence-corrected chi connectivity index (χ4v) is 3.69. The van der Waals surface area contributed by atoms with Crippen molar-refractivity contribution in [2.75, 3.05) is 13.1 Å². The van der Waals surface area contributed by atoms with E-state index in [9.17, 15) is 14.0 Å². The summed E-state index contributed by atoms with van der Waals surface area (Å²) in [7, 11) is 0. The fourth-order valence-electron chi connectivity index (χ4n) is 3.57. The standard InChI is InChI=1S/C23H22ClFN4O2/c24-18-6-2-16(3-7-18)10-11-26-22(30)20-14-21-23(31)28(12-1-13-29(21)27-20)15-17-4-8-19(25)9-5-17/h2-9,14H,1,10-13,15H2,(H,26,30). The molecule has 0 atom stereocenters. The van der Waals surface area contributed by atoms with Crippen LogP contribution in [0.25, 0.3) is 0 Å². The molecule has 1 N–H and O–H groups in total. The van der Waals surface area contributed by atoms with Gasteiger partial charge in [0.05, 0.1) is 0 Å². The number of carbonyl (C=O) groups excluding carboxylic acids is 2. The highest BCUT2D eigenvalue weighted by Gasteiger charge is 2.26. The van der Waals surface area contributed by atoms with Crippen molar-refractivity contribution < 1.29 is 14.0 Å². The van der Waals surface area contributed by atoms with Gasteiger partial charge in [0, 0.05) is 37.3 Å². The Morgan fingerprint density at radius 1 is 1.06 bits per heavy atom. The summed E-state index contributed by atoms with van der Waals surface area (Å²) < 4.78 is 14.7. The number of halogens is 2. The Balaban J connectivity index is 1.40. The molecule has 1 aromatic heterocycles. The van der Waals surface area contributed by atoms with Gasteiger partial charge in [-0.3, -0.25) is 14.3 Å². The number of carbonyl (C=O) groups is 2. The Hall–Kier alpha value is -3.19. The molecule has 160 valence electrons. The smallest absolute Gasteiger partial charge is 0.272 e. The fraction of sp³-hybridized carbons (Fsp3) is 0.261. The van der Waals surface area contributed by atoms with Crippen molar-refractivity contribution in [3.63, 3.8) is 0 Å². The predicted octanol–water partition coefficient (Wildman–Crippen LogP) is 3.69. The average molecular weight is 441 g/mol. The summed E-state index contributed by atoms with van der Waals surface area (Å²) in [5, 5.41) is 7.86. The molecule has 2 heterocycles. The summed E-state index contributed by atoms with van der Waals surface area (Å²) in [6.07, 6.45) is 1.39. The number of amides is 2. The molecular weight excluding hydrogens is 419 g/mol. The van der Waals surface area contributed by atoms with E-state index in [0.29, 0.717) is 43.3 Å². The second-order valence-corrected chi connectivity index (χ2v) is 7.91. The molecule has 8 heteroatoms. The number of nitrogens with one attached hydrogen (secondary N) is 1. The van der Waals surface area contributed by atoms with Crippen molar-refractivity contribution >= 4 is 23.4 Å². The Morgan fingerprint density at radius 3 is 2.52 bits per heavy atom. The molecule has 0 bridgehead atoms. The maximum Gasteiger partial charge on any atom is 0.272 e. The molecule has 0 fully saturated rings. The minimum atomic E-state index is -0.313. The van der Waals surface area contributed by atoms with Crippen LogP contribution < -0.4 is 5.32 Å². The van der Waals surface area contributed by atoms with Gasteiger partial charge in [0.1, 0.15) is 11.5 Å². The van der Waals surface area contributed by atoms with E-state index in [0.717, 1.165) is 17.5 Å². The topological polar surface area (TPSA) is 67.2 Å². The number of nitrogens with zero attached hydrogens (tertiary/aromatic N) is 3. The molecule has 0 spiro atoms. The Morgan fingerprint density at radius 2 is 1.77 bits per heavy atom. The molecule has 2 amide bonds. The number of hydrogen-bond acceptors (Lipinski definition) is 3. The molecule has 31 heavy (non-hydrogen) atoms. The lowest BCUT2D eigenvalue weighted by atomic mass is 10.1. The van der Waals surface area contributed by atoms with Crippen molar-refractivity contribution in [2.45, 2.75) is 25.9 Å². The second kappa shape index (κ2) is 9.31. The van der Waals surface area contributed by atoms with Crippen molar-refractivity contribution in [3.8, 4) is 0 Å². The van der Waals surface area contributed by atoms with Crippen molar-refractivity contribution in [2.24, 2.45) is 0 Å². The Kier molecular flexibility index (Phi) is 6.32. The van der Waals surface area contributed by atoms with Gasteiger partial charge in [0.15, 0.2) is 5.69 Å². The molecule has 2 aromatic carbocycles. The molecule has 1 aliphatic rings.